The summed E-state index contributed by atoms with van der Waals surface area (Å²) < 4.78 is 9.79. The second-order valence-corrected chi connectivity index (χ2v) is 5.78. The lowest BCUT2D eigenvalue weighted by Gasteiger charge is -2.19. The molecule has 0 saturated carbocycles. The maximum Gasteiger partial charge on any atom is 0.412 e. The molecule has 0 unspecified atom stereocenters. The summed E-state index contributed by atoms with van der Waals surface area (Å²) in [5.41, 5.74) is 0.200. The Bertz CT molecular complexity index is 459. The van der Waals surface area contributed by atoms with Gasteiger partial charge in [-0.1, -0.05) is 0 Å². The SMILES string of the molecule is COC(=O)c1csc(C)c1NC(=O)OC(C)(C)C. The summed E-state index contributed by atoms with van der Waals surface area (Å²) in [7, 11) is 1.30. The van der Waals surface area contributed by atoms with Gasteiger partial charge in [-0.3, -0.25) is 5.32 Å². The number of carbonyl (C=O) groups is 2. The smallest absolute Gasteiger partial charge is 0.412 e. The molecule has 0 saturated heterocycles. The molecule has 1 aromatic heterocycles. The highest BCUT2D eigenvalue weighted by atomic mass is 32.1. The molecule has 1 rings (SSSR count). The number of ether oxygens (including phenoxy) is 2. The Morgan fingerprint density at radius 1 is 1.33 bits per heavy atom. The second kappa shape index (κ2) is 5.39. The van der Waals surface area contributed by atoms with E-state index in [4.69, 9.17) is 4.74 Å². The molecule has 1 heterocycles. The Hall–Kier alpha value is -1.56. The van der Waals surface area contributed by atoms with Gasteiger partial charge in [-0.05, 0) is 27.7 Å². The summed E-state index contributed by atoms with van der Waals surface area (Å²) in [6.45, 7) is 7.13. The van der Waals surface area contributed by atoms with Crippen LogP contribution < -0.4 is 5.32 Å². The number of rotatable bonds is 2. The van der Waals surface area contributed by atoms with E-state index in [-0.39, 0.29) is 0 Å². The number of esters is 1. The van der Waals surface area contributed by atoms with Crippen LogP contribution in [0.4, 0.5) is 10.5 Å². The number of amides is 1. The molecule has 0 aliphatic rings. The van der Waals surface area contributed by atoms with Crippen LogP contribution in [0.1, 0.15) is 36.0 Å². The van der Waals surface area contributed by atoms with Gasteiger partial charge in [0.05, 0.1) is 18.4 Å². The maximum absolute atomic E-state index is 11.7. The van der Waals surface area contributed by atoms with Crippen LogP contribution in [0.15, 0.2) is 5.38 Å². The van der Waals surface area contributed by atoms with Gasteiger partial charge in [-0.25, -0.2) is 9.59 Å². The van der Waals surface area contributed by atoms with Crippen LogP contribution >= 0.6 is 11.3 Å². The van der Waals surface area contributed by atoms with Crippen molar-refractivity contribution in [2.75, 3.05) is 12.4 Å². The molecule has 5 nitrogen and oxygen atoms in total. The number of hydrogen-bond donors (Lipinski definition) is 1. The van der Waals surface area contributed by atoms with Crippen molar-refractivity contribution in [1.29, 1.82) is 0 Å². The highest BCUT2D eigenvalue weighted by Crippen LogP contribution is 2.28. The van der Waals surface area contributed by atoms with E-state index >= 15 is 0 Å². The molecule has 0 aliphatic carbocycles. The molecule has 0 aromatic carbocycles. The molecule has 18 heavy (non-hydrogen) atoms. The quantitative estimate of drug-likeness (QED) is 0.839. The number of methoxy groups -OCH3 is 1. The fourth-order valence-electron chi connectivity index (χ4n) is 1.28. The molecular weight excluding hydrogens is 254 g/mol. The fourth-order valence-corrected chi connectivity index (χ4v) is 2.06. The van der Waals surface area contributed by atoms with E-state index in [9.17, 15) is 9.59 Å². The van der Waals surface area contributed by atoms with E-state index < -0.39 is 17.7 Å². The van der Waals surface area contributed by atoms with Gasteiger partial charge in [-0.15, -0.1) is 11.3 Å². The van der Waals surface area contributed by atoms with Gasteiger partial charge < -0.3 is 9.47 Å². The van der Waals surface area contributed by atoms with Crippen LogP contribution in [0, 0.1) is 6.92 Å². The van der Waals surface area contributed by atoms with Crippen LogP contribution in [0.2, 0.25) is 0 Å². The van der Waals surface area contributed by atoms with E-state index in [1.54, 1.807) is 26.2 Å². The topological polar surface area (TPSA) is 64.6 Å². The number of nitrogens with one attached hydrogen (secondary N) is 1. The van der Waals surface area contributed by atoms with Crippen molar-refractivity contribution < 1.29 is 19.1 Å². The molecule has 1 N–H and O–H groups in total. The first-order valence-corrected chi connectivity index (χ1v) is 6.29. The Balaban J connectivity index is 2.87. The molecule has 0 aliphatic heterocycles. The molecule has 1 amide bonds. The summed E-state index contributed by atoms with van der Waals surface area (Å²) in [6.07, 6.45) is -0.589. The summed E-state index contributed by atoms with van der Waals surface area (Å²) in [5, 5.41) is 4.23. The van der Waals surface area contributed by atoms with Crippen LogP contribution in [0.3, 0.4) is 0 Å². The van der Waals surface area contributed by atoms with Crippen molar-refractivity contribution in [3.8, 4) is 0 Å². The van der Waals surface area contributed by atoms with Gasteiger partial charge in [0, 0.05) is 10.3 Å². The van der Waals surface area contributed by atoms with Gasteiger partial charge in [0.1, 0.15) is 5.60 Å². The minimum atomic E-state index is -0.589. The number of carbonyl (C=O) groups excluding carboxylic acids is 2. The third-order valence-electron chi connectivity index (χ3n) is 2.01. The van der Waals surface area contributed by atoms with Crippen molar-refractivity contribution in [2.45, 2.75) is 33.3 Å². The summed E-state index contributed by atoms with van der Waals surface area (Å²) in [5.74, 6) is -0.481. The van der Waals surface area contributed by atoms with Crippen LogP contribution in [0.25, 0.3) is 0 Å². The summed E-state index contributed by atoms with van der Waals surface area (Å²) in [4.78, 5) is 24.0. The van der Waals surface area contributed by atoms with Crippen LogP contribution in [-0.4, -0.2) is 24.8 Å². The minimum Gasteiger partial charge on any atom is -0.465 e. The largest absolute Gasteiger partial charge is 0.465 e. The maximum atomic E-state index is 11.7. The van der Waals surface area contributed by atoms with Gasteiger partial charge in [0.25, 0.3) is 0 Å². The lowest BCUT2D eigenvalue weighted by Crippen LogP contribution is -2.27. The number of aryl methyl sites for hydroxylation is 1. The van der Waals surface area contributed by atoms with E-state index in [1.165, 1.54) is 18.4 Å². The third kappa shape index (κ3) is 3.73. The first-order valence-electron chi connectivity index (χ1n) is 5.41. The van der Waals surface area contributed by atoms with Crippen molar-refractivity contribution in [3.05, 3.63) is 15.8 Å². The van der Waals surface area contributed by atoms with Crippen molar-refractivity contribution in [1.82, 2.24) is 0 Å². The number of anilines is 1. The molecule has 100 valence electrons. The summed E-state index contributed by atoms with van der Waals surface area (Å²) in [6, 6.07) is 0. The van der Waals surface area contributed by atoms with E-state index in [0.29, 0.717) is 11.3 Å². The number of hydrogen-bond acceptors (Lipinski definition) is 5. The van der Waals surface area contributed by atoms with Gasteiger partial charge >= 0.3 is 12.1 Å². The zero-order valence-electron chi connectivity index (χ0n) is 11.1. The third-order valence-corrected chi connectivity index (χ3v) is 2.92. The lowest BCUT2D eigenvalue weighted by molar-refractivity contribution is 0.0602. The van der Waals surface area contributed by atoms with E-state index in [2.05, 4.69) is 10.1 Å². The van der Waals surface area contributed by atoms with Crippen LogP contribution in [0.5, 0.6) is 0 Å². The average Bonchev–Trinajstić information content (AvgIpc) is 2.57. The monoisotopic (exact) mass is 271 g/mol. The molecule has 0 fully saturated rings. The standard InChI is InChI=1S/C12H17NO4S/c1-7-9(8(6-18-7)10(14)16-5)13-11(15)17-12(2,3)4/h6H,1-5H3,(H,13,15). The minimum absolute atomic E-state index is 0.339. The highest BCUT2D eigenvalue weighted by molar-refractivity contribution is 7.10. The average molecular weight is 271 g/mol. The molecule has 0 spiro atoms. The predicted octanol–water partition coefficient (Wildman–Crippen LogP) is 3.19. The molecule has 1 aromatic rings. The van der Waals surface area contributed by atoms with Crippen molar-refractivity contribution >= 4 is 29.1 Å². The molecule has 0 atom stereocenters. The van der Waals surface area contributed by atoms with Gasteiger partial charge in [0.15, 0.2) is 0 Å². The lowest BCUT2D eigenvalue weighted by atomic mass is 10.2. The van der Waals surface area contributed by atoms with Gasteiger partial charge in [0.2, 0.25) is 0 Å². The summed E-state index contributed by atoms with van der Waals surface area (Å²) >= 11 is 1.36. The second-order valence-electron chi connectivity index (χ2n) is 4.70. The predicted molar refractivity (Wildman–Crippen MR) is 70.3 cm³/mol. The van der Waals surface area contributed by atoms with Crippen molar-refractivity contribution in [3.63, 3.8) is 0 Å². The normalized spacial score (nSPS) is 10.9. The van der Waals surface area contributed by atoms with E-state index in [1.807, 2.05) is 6.92 Å². The molecule has 0 radical (unpaired) electrons. The van der Waals surface area contributed by atoms with Crippen LogP contribution in [-0.2, 0) is 9.47 Å². The van der Waals surface area contributed by atoms with Gasteiger partial charge in [-0.2, -0.15) is 0 Å². The zero-order chi connectivity index (χ0) is 13.9. The van der Waals surface area contributed by atoms with E-state index in [0.717, 1.165) is 4.88 Å². The fraction of sp³-hybridized carbons (Fsp3) is 0.500. The first kappa shape index (κ1) is 14.5. The highest BCUT2D eigenvalue weighted by Gasteiger charge is 2.21. The zero-order valence-corrected chi connectivity index (χ0v) is 11.9. The Morgan fingerprint density at radius 3 is 2.44 bits per heavy atom. The molecular formula is C12H17NO4S. The Morgan fingerprint density at radius 2 is 1.94 bits per heavy atom. The molecule has 6 heteroatoms. The first-order chi connectivity index (χ1) is 8.24. The Kier molecular flexibility index (Phi) is 4.34. The molecule has 0 bridgehead atoms. The van der Waals surface area contributed by atoms with Crippen molar-refractivity contribution in [2.24, 2.45) is 0 Å². The number of thiophene rings is 1. The Labute approximate surface area is 110 Å².